The van der Waals surface area contributed by atoms with E-state index in [0.717, 1.165) is 20.1 Å². The van der Waals surface area contributed by atoms with Crippen LogP contribution in [-0.4, -0.2) is 24.0 Å². The van der Waals surface area contributed by atoms with Gasteiger partial charge in [-0.3, -0.25) is 0 Å². The van der Waals surface area contributed by atoms with Crippen molar-refractivity contribution in [2.75, 3.05) is 7.11 Å². The Labute approximate surface area is 162 Å². The van der Waals surface area contributed by atoms with Crippen molar-refractivity contribution < 1.29 is 19.1 Å². The van der Waals surface area contributed by atoms with E-state index in [9.17, 15) is 9.59 Å². The van der Waals surface area contributed by atoms with Gasteiger partial charge in [0.2, 0.25) is 0 Å². The molecule has 4 rings (SSSR count). The molecule has 0 unspecified atom stereocenters. The summed E-state index contributed by atoms with van der Waals surface area (Å²) in [4.78, 5) is 29.8. The largest absolute Gasteiger partial charge is 0.465 e. The number of fused-ring (bicyclic) bond motifs is 1. The molecule has 0 N–H and O–H groups in total. The second-order valence-electron chi connectivity index (χ2n) is 5.56. The average molecular weight is 395 g/mol. The molecule has 2 aromatic carbocycles. The average Bonchev–Trinajstić information content (AvgIpc) is 3.34. The highest BCUT2D eigenvalue weighted by atomic mass is 32.1. The molecule has 0 saturated heterocycles. The van der Waals surface area contributed by atoms with Crippen LogP contribution < -0.4 is 4.74 Å². The van der Waals surface area contributed by atoms with Gasteiger partial charge in [-0.25, -0.2) is 14.6 Å². The van der Waals surface area contributed by atoms with Gasteiger partial charge in [0, 0.05) is 0 Å². The Hall–Kier alpha value is -3.03. The molecule has 0 atom stereocenters. The van der Waals surface area contributed by atoms with Crippen LogP contribution in [0.1, 0.15) is 20.0 Å². The van der Waals surface area contributed by atoms with Crippen LogP contribution in [0, 0.1) is 0 Å². The third kappa shape index (κ3) is 3.60. The number of ether oxygens (including phenoxy) is 2. The van der Waals surface area contributed by atoms with E-state index in [0.29, 0.717) is 16.2 Å². The van der Waals surface area contributed by atoms with Gasteiger partial charge in [0.25, 0.3) is 0 Å². The van der Waals surface area contributed by atoms with Gasteiger partial charge in [-0.05, 0) is 48.5 Å². The summed E-state index contributed by atoms with van der Waals surface area (Å²) in [5.74, 6) is -0.521. The zero-order chi connectivity index (χ0) is 18.8. The number of carbonyl (C=O) groups excluding carboxylic acids is 2. The maximum atomic E-state index is 12.4. The van der Waals surface area contributed by atoms with Gasteiger partial charge in [-0.1, -0.05) is 12.1 Å². The second kappa shape index (κ2) is 7.30. The SMILES string of the molecule is COC(=O)c1ccc(OC(=O)c2ccc(-c3nc4ccccc4s3)s2)cc1. The fourth-order valence-electron chi connectivity index (χ4n) is 2.47. The van der Waals surface area contributed by atoms with Crippen molar-refractivity contribution in [3.05, 3.63) is 71.1 Å². The van der Waals surface area contributed by atoms with E-state index in [-0.39, 0.29) is 0 Å². The number of thiophene rings is 1. The second-order valence-corrected chi connectivity index (χ2v) is 7.67. The van der Waals surface area contributed by atoms with E-state index in [2.05, 4.69) is 9.72 Å². The fourth-order valence-corrected chi connectivity index (χ4v) is 4.38. The highest BCUT2D eigenvalue weighted by molar-refractivity contribution is 7.26. The van der Waals surface area contributed by atoms with Gasteiger partial charge >= 0.3 is 11.9 Å². The first-order chi connectivity index (χ1) is 13.1. The van der Waals surface area contributed by atoms with Crippen LogP contribution in [0.2, 0.25) is 0 Å². The predicted molar refractivity (Wildman–Crippen MR) is 106 cm³/mol. The maximum Gasteiger partial charge on any atom is 0.353 e. The van der Waals surface area contributed by atoms with Crippen molar-refractivity contribution in [3.63, 3.8) is 0 Å². The number of carbonyl (C=O) groups is 2. The van der Waals surface area contributed by atoms with Crippen LogP contribution in [0.3, 0.4) is 0 Å². The van der Waals surface area contributed by atoms with Gasteiger partial charge < -0.3 is 9.47 Å². The van der Waals surface area contributed by atoms with Gasteiger partial charge in [0.05, 0.1) is 27.8 Å². The molecule has 0 bridgehead atoms. The van der Waals surface area contributed by atoms with Crippen LogP contribution in [0.15, 0.2) is 60.7 Å². The van der Waals surface area contributed by atoms with Crippen LogP contribution >= 0.6 is 22.7 Å². The van der Waals surface area contributed by atoms with Crippen molar-refractivity contribution in [1.29, 1.82) is 0 Å². The van der Waals surface area contributed by atoms with Crippen molar-refractivity contribution in [1.82, 2.24) is 4.98 Å². The number of methoxy groups -OCH3 is 1. The van der Waals surface area contributed by atoms with E-state index in [1.54, 1.807) is 41.7 Å². The van der Waals surface area contributed by atoms with Crippen molar-refractivity contribution in [3.8, 4) is 15.6 Å². The summed E-state index contributed by atoms with van der Waals surface area (Å²) in [5.41, 5.74) is 1.34. The Bertz CT molecular complexity index is 1100. The Balaban J connectivity index is 1.50. The lowest BCUT2D eigenvalue weighted by atomic mass is 10.2. The first-order valence-corrected chi connectivity index (χ1v) is 9.63. The molecule has 0 aliphatic carbocycles. The molecule has 0 aliphatic rings. The zero-order valence-corrected chi connectivity index (χ0v) is 15.8. The van der Waals surface area contributed by atoms with E-state index < -0.39 is 11.9 Å². The monoisotopic (exact) mass is 395 g/mol. The fraction of sp³-hybridized carbons (Fsp3) is 0.0500. The molecule has 134 valence electrons. The molecular formula is C20H13NO4S2. The normalized spacial score (nSPS) is 10.7. The summed E-state index contributed by atoms with van der Waals surface area (Å²) in [6.07, 6.45) is 0. The first-order valence-electron chi connectivity index (χ1n) is 8.00. The lowest BCUT2D eigenvalue weighted by Gasteiger charge is -2.03. The van der Waals surface area contributed by atoms with E-state index in [1.165, 1.54) is 18.4 Å². The lowest BCUT2D eigenvalue weighted by Crippen LogP contribution is -2.07. The van der Waals surface area contributed by atoms with Crippen LogP contribution in [0.25, 0.3) is 20.1 Å². The van der Waals surface area contributed by atoms with Gasteiger partial charge in [0.15, 0.2) is 0 Å². The third-order valence-electron chi connectivity index (χ3n) is 3.80. The molecule has 0 saturated carbocycles. The molecule has 0 spiro atoms. The zero-order valence-electron chi connectivity index (χ0n) is 14.2. The van der Waals surface area contributed by atoms with E-state index in [1.807, 2.05) is 30.3 Å². The van der Waals surface area contributed by atoms with Crippen molar-refractivity contribution in [2.24, 2.45) is 0 Å². The summed E-state index contributed by atoms with van der Waals surface area (Å²) in [7, 11) is 1.32. The molecule has 0 amide bonds. The van der Waals surface area contributed by atoms with Gasteiger partial charge in [0.1, 0.15) is 15.6 Å². The van der Waals surface area contributed by atoms with E-state index in [4.69, 9.17) is 4.74 Å². The van der Waals surface area contributed by atoms with Crippen molar-refractivity contribution >= 4 is 44.8 Å². The smallest absolute Gasteiger partial charge is 0.353 e. The van der Waals surface area contributed by atoms with E-state index >= 15 is 0 Å². The summed E-state index contributed by atoms with van der Waals surface area (Å²) < 4.78 is 11.1. The highest BCUT2D eigenvalue weighted by Crippen LogP contribution is 2.34. The molecule has 0 radical (unpaired) electrons. The molecular weight excluding hydrogens is 382 g/mol. The molecule has 4 aromatic rings. The predicted octanol–water partition coefficient (Wildman–Crippen LogP) is 5.03. The van der Waals surface area contributed by atoms with Crippen LogP contribution in [0.4, 0.5) is 0 Å². The Kier molecular flexibility index (Phi) is 4.70. The number of nitrogens with zero attached hydrogens (tertiary/aromatic N) is 1. The van der Waals surface area contributed by atoms with Gasteiger partial charge in [-0.2, -0.15) is 0 Å². The number of benzene rings is 2. The standard InChI is InChI=1S/C20H13NO4S2/c1-24-19(22)12-6-8-13(9-7-12)25-20(23)17-11-10-16(26-17)18-21-14-4-2-3-5-15(14)27-18/h2-11H,1H3. The summed E-state index contributed by atoms with van der Waals surface area (Å²) in [6, 6.07) is 17.8. The van der Waals surface area contributed by atoms with Crippen LogP contribution in [0.5, 0.6) is 5.75 Å². The lowest BCUT2D eigenvalue weighted by molar-refractivity contribution is 0.0600. The molecule has 0 fully saturated rings. The minimum atomic E-state index is -0.446. The number of rotatable bonds is 4. The molecule has 27 heavy (non-hydrogen) atoms. The Morgan fingerprint density at radius 1 is 0.889 bits per heavy atom. The molecule has 0 aliphatic heterocycles. The number of aromatic nitrogens is 1. The minimum absolute atomic E-state index is 0.364. The van der Waals surface area contributed by atoms with Crippen molar-refractivity contribution in [2.45, 2.75) is 0 Å². The number of esters is 2. The first kappa shape index (κ1) is 17.4. The Morgan fingerprint density at radius 2 is 1.67 bits per heavy atom. The molecule has 5 nitrogen and oxygen atoms in total. The van der Waals surface area contributed by atoms with Crippen LogP contribution in [-0.2, 0) is 4.74 Å². The number of thiazole rings is 1. The maximum absolute atomic E-state index is 12.4. The quantitative estimate of drug-likeness (QED) is 0.358. The Morgan fingerprint density at radius 3 is 2.41 bits per heavy atom. The third-order valence-corrected chi connectivity index (χ3v) is 6.07. The summed E-state index contributed by atoms with van der Waals surface area (Å²) in [5, 5.41) is 0.877. The van der Waals surface area contributed by atoms with Gasteiger partial charge in [-0.15, -0.1) is 22.7 Å². The molecule has 2 aromatic heterocycles. The summed E-state index contributed by atoms with van der Waals surface area (Å²) in [6.45, 7) is 0. The summed E-state index contributed by atoms with van der Waals surface area (Å²) >= 11 is 2.93. The topological polar surface area (TPSA) is 65.5 Å². The molecule has 2 heterocycles. The minimum Gasteiger partial charge on any atom is -0.465 e. The number of hydrogen-bond donors (Lipinski definition) is 0. The number of hydrogen-bond acceptors (Lipinski definition) is 7. The molecule has 7 heteroatoms. The number of para-hydroxylation sites is 1. The highest BCUT2D eigenvalue weighted by Gasteiger charge is 2.15.